The second kappa shape index (κ2) is 3.90. The minimum atomic E-state index is -5.79. The van der Waals surface area contributed by atoms with E-state index in [1.54, 1.807) is 0 Å². The summed E-state index contributed by atoms with van der Waals surface area (Å²) in [5.74, 6) is -1.61. The normalized spacial score (nSPS) is 24.6. The van der Waals surface area contributed by atoms with Gasteiger partial charge in [0.25, 0.3) is 0 Å². The SMILES string of the molecule is C=CCC1NC(C(F)(F)F)(C(F)(F)F)OC1=O. The lowest BCUT2D eigenvalue weighted by Gasteiger charge is -2.31. The minimum Gasteiger partial charge on any atom is -0.424 e. The standard InChI is InChI=1S/C8H7F6NO2/c1-2-3-4-5(16)17-6(15-4,7(9,10)11)8(12,13)14/h2,4,15H,1,3H2. The molecule has 0 bridgehead atoms. The van der Waals surface area contributed by atoms with Crippen molar-refractivity contribution in [1.82, 2.24) is 5.32 Å². The molecule has 1 rings (SSSR count). The first kappa shape index (κ1) is 13.8. The van der Waals surface area contributed by atoms with Crippen molar-refractivity contribution in [3.8, 4) is 0 Å². The second-order valence-corrected chi connectivity index (χ2v) is 3.32. The molecule has 3 nitrogen and oxygen atoms in total. The van der Waals surface area contributed by atoms with Gasteiger partial charge in [-0.15, -0.1) is 6.58 Å². The van der Waals surface area contributed by atoms with Crippen LogP contribution in [0.4, 0.5) is 26.3 Å². The molecule has 0 spiro atoms. The second-order valence-electron chi connectivity index (χ2n) is 3.32. The molecule has 0 aromatic rings. The highest BCUT2D eigenvalue weighted by Crippen LogP contribution is 2.46. The highest BCUT2D eigenvalue weighted by molar-refractivity contribution is 5.79. The third-order valence-corrected chi connectivity index (χ3v) is 2.12. The molecule has 1 unspecified atom stereocenters. The molecular formula is C8H7F6NO2. The predicted molar refractivity (Wildman–Crippen MR) is 42.7 cm³/mol. The van der Waals surface area contributed by atoms with E-state index < -0.39 is 36.5 Å². The van der Waals surface area contributed by atoms with Gasteiger partial charge < -0.3 is 4.74 Å². The van der Waals surface area contributed by atoms with E-state index in [9.17, 15) is 31.1 Å². The van der Waals surface area contributed by atoms with Gasteiger partial charge in [0.1, 0.15) is 6.04 Å². The van der Waals surface area contributed by atoms with E-state index in [1.807, 2.05) is 0 Å². The largest absolute Gasteiger partial charge is 0.452 e. The van der Waals surface area contributed by atoms with Gasteiger partial charge in [0, 0.05) is 0 Å². The summed E-state index contributed by atoms with van der Waals surface area (Å²) in [4.78, 5) is 10.9. The molecule has 1 aliphatic heterocycles. The van der Waals surface area contributed by atoms with Gasteiger partial charge in [0.2, 0.25) is 0 Å². The van der Waals surface area contributed by atoms with Crippen molar-refractivity contribution in [3.63, 3.8) is 0 Å². The molecule has 1 heterocycles. The number of carbonyl (C=O) groups is 1. The molecule has 0 aromatic heterocycles. The molecule has 0 aromatic carbocycles. The summed E-state index contributed by atoms with van der Waals surface area (Å²) in [6.07, 6.45) is -11.0. The van der Waals surface area contributed by atoms with Crippen LogP contribution in [-0.2, 0) is 9.53 Å². The first-order valence-electron chi connectivity index (χ1n) is 4.30. The molecule has 0 amide bonds. The van der Waals surface area contributed by atoms with Crippen LogP contribution in [0.15, 0.2) is 12.7 Å². The van der Waals surface area contributed by atoms with Gasteiger partial charge in [-0.2, -0.15) is 26.3 Å². The summed E-state index contributed by atoms with van der Waals surface area (Å²) in [6.45, 7) is 3.12. The van der Waals surface area contributed by atoms with Gasteiger partial charge in [0.15, 0.2) is 0 Å². The number of rotatable bonds is 2. The third-order valence-electron chi connectivity index (χ3n) is 2.12. The molecule has 98 valence electrons. The van der Waals surface area contributed by atoms with Gasteiger partial charge in [-0.1, -0.05) is 6.08 Å². The van der Waals surface area contributed by atoms with Crippen LogP contribution in [0.3, 0.4) is 0 Å². The number of cyclic esters (lactones) is 1. The molecule has 0 saturated carbocycles. The summed E-state index contributed by atoms with van der Waals surface area (Å²) in [6, 6.07) is -1.71. The Hall–Kier alpha value is -1.25. The molecule has 1 aliphatic rings. The lowest BCUT2D eigenvalue weighted by molar-refractivity contribution is -0.369. The third kappa shape index (κ3) is 2.11. The van der Waals surface area contributed by atoms with Crippen molar-refractivity contribution in [2.24, 2.45) is 0 Å². The summed E-state index contributed by atoms with van der Waals surface area (Å²) in [5, 5.41) is 1.14. The molecule has 1 saturated heterocycles. The molecular weight excluding hydrogens is 256 g/mol. The summed E-state index contributed by atoms with van der Waals surface area (Å²) < 4.78 is 78.0. The Morgan fingerprint density at radius 1 is 1.29 bits per heavy atom. The van der Waals surface area contributed by atoms with Crippen molar-refractivity contribution < 1.29 is 35.9 Å². The van der Waals surface area contributed by atoms with Crippen LogP contribution in [0, 0.1) is 0 Å². The summed E-state index contributed by atoms with van der Waals surface area (Å²) in [5.41, 5.74) is -4.63. The molecule has 1 fully saturated rings. The van der Waals surface area contributed by atoms with E-state index in [2.05, 4.69) is 11.3 Å². The Labute approximate surface area is 91.4 Å². The molecule has 0 aliphatic carbocycles. The maximum absolute atomic E-state index is 12.4. The zero-order chi connectivity index (χ0) is 13.5. The highest BCUT2D eigenvalue weighted by atomic mass is 19.4. The average molecular weight is 263 g/mol. The van der Waals surface area contributed by atoms with E-state index in [0.717, 1.165) is 11.4 Å². The quantitative estimate of drug-likeness (QED) is 0.470. The average Bonchev–Trinajstić information content (AvgIpc) is 2.43. The van der Waals surface area contributed by atoms with Gasteiger partial charge in [-0.3, -0.25) is 10.1 Å². The van der Waals surface area contributed by atoms with E-state index in [4.69, 9.17) is 0 Å². The van der Waals surface area contributed by atoms with E-state index in [1.165, 1.54) is 0 Å². The van der Waals surface area contributed by atoms with Crippen molar-refractivity contribution in [3.05, 3.63) is 12.7 Å². The number of esters is 1. The lowest BCUT2D eigenvalue weighted by atomic mass is 10.1. The highest BCUT2D eigenvalue weighted by Gasteiger charge is 2.78. The van der Waals surface area contributed by atoms with Crippen molar-refractivity contribution in [1.29, 1.82) is 0 Å². The first-order valence-corrected chi connectivity index (χ1v) is 4.30. The smallest absolute Gasteiger partial charge is 0.424 e. The summed E-state index contributed by atoms with van der Waals surface area (Å²) >= 11 is 0. The van der Waals surface area contributed by atoms with E-state index in [-0.39, 0.29) is 0 Å². The summed E-state index contributed by atoms with van der Waals surface area (Å²) in [7, 11) is 0. The topological polar surface area (TPSA) is 38.3 Å². The fraction of sp³-hybridized carbons (Fsp3) is 0.625. The lowest BCUT2D eigenvalue weighted by Crippen LogP contribution is -2.65. The van der Waals surface area contributed by atoms with Crippen LogP contribution in [0.1, 0.15) is 6.42 Å². The Kier molecular flexibility index (Phi) is 3.17. The van der Waals surface area contributed by atoms with Gasteiger partial charge >= 0.3 is 24.0 Å². The number of alkyl halides is 6. The molecule has 17 heavy (non-hydrogen) atoms. The van der Waals surface area contributed by atoms with Gasteiger partial charge in [-0.05, 0) is 6.42 Å². The first-order chi connectivity index (χ1) is 7.55. The zero-order valence-electron chi connectivity index (χ0n) is 8.15. The van der Waals surface area contributed by atoms with Crippen LogP contribution < -0.4 is 5.32 Å². The maximum atomic E-state index is 12.4. The molecule has 9 heteroatoms. The zero-order valence-corrected chi connectivity index (χ0v) is 8.15. The van der Waals surface area contributed by atoms with Crippen LogP contribution >= 0.6 is 0 Å². The van der Waals surface area contributed by atoms with Crippen LogP contribution in [0.25, 0.3) is 0 Å². The molecule has 1 atom stereocenters. The van der Waals surface area contributed by atoms with Crippen molar-refractivity contribution >= 4 is 5.97 Å². The number of hydrogen-bond acceptors (Lipinski definition) is 3. The Morgan fingerprint density at radius 2 is 1.76 bits per heavy atom. The Balaban J connectivity index is 3.14. The Bertz CT molecular complexity index is 320. The molecule has 0 radical (unpaired) electrons. The van der Waals surface area contributed by atoms with Gasteiger partial charge in [-0.25, -0.2) is 0 Å². The van der Waals surface area contributed by atoms with Crippen LogP contribution in [0.5, 0.6) is 0 Å². The van der Waals surface area contributed by atoms with Crippen LogP contribution in [-0.4, -0.2) is 30.1 Å². The number of ether oxygens (including phenoxy) is 1. The van der Waals surface area contributed by atoms with Gasteiger partial charge in [0.05, 0.1) is 0 Å². The van der Waals surface area contributed by atoms with Crippen LogP contribution in [0.2, 0.25) is 0 Å². The number of halogens is 6. The van der Waals surface area contributed by atoms with Crippen molar-refractivity contribution in [2.75, 3.05) is 0 Å². The number of carbonyl (C=O) groups excluding carboxylic acids is 1. The number of nitrogens with one attached hydrogen (secondary N) is 1. The fourth-order valence-corrected chi connectivity index (χ4v) is 1.32. The monoisotopic (exact) mass is 263 g/mol. The van der Waals surface area contributed by atoms with E-state index >= 15 is 0 Å². The fourth-order valence-electron chi connectivity index (χ4n) is 1.32. The van der Waals surface area contributed by atoms with Crippen molar-refractivity contribution in [2.45, 2.75) is 30.5 Å². The Morgan fingerprint density at radius 3 is 2.06 bits per heavy atom. The molecule has 1 N–H and O–H groups in total. The number of hydrogen-bond donors (Lipinski definition) is 1. The predicted octanol–water partition coefficient (Wildman–Crippen LogP) is 1.90. The minimum absolute atomic E-state index is 0.396. The maximum Gasteiger partial charge on any atom is 0.452 e. The van der Waals surface area contributed by atoms with E-state index in [0.29, 0.717) is 0 Å².